The van der Waals surface area contributed by atoms with Crippen LogP contribution in [0.25, 0.3) is 0 Å². The summed E-state index contributed by atoms with van der Waals surface area (Å²) < 4.78 is 0. The van der Waals surface area contributed by atoms with E-state index in [0.29, 0.717) is 24.2 Å². The van der Waals surface area contributed by atoms with Crippen LogP contribution in [-0.4, -0.2) is 47.3 Å². The SMILES string of the molecule is CCN(CCO)C(=O)c1cc(C)ccc1C#CCO. The monoisotopic (exact) mass is 261 g/mol. The molecule has 0 aliphatic carbocycles. The van der Waals surface area contributed by atoms with Crippen molar-refractivity contribution in [1.82, 2.24) is 4.90 Å². The van der Waals surface area contributed by atoms with Gasteiger partial charge in [-0.1, -0.05) is 23.5 Å². The number of carbonyl (C=O) groups is 1. The van der Waals surface area contributed by atoms with Crippen LogP contribution in [0.5, 0.6) is 0 Å². The molecule has 19 heavy (non-hydrogen) atoms. The van der Waals surface area contributed by atoms with Gasteiger partial charge in [0.2, 0.25) is 0 Å². The van der Waals surface area contributed by atoms with Gasteiger partial charge in [0.15, 0.2) is 0 Å². The van der Waals surface area contributed by atoms with Gasteiger partial charge in [0.05, 0.1) is 12.2 Å². The zero-order chi connectivity index (χ0) is 14.3. The quantitative estimate of drug-likeness (QED) is 0.788. The molecule has 1 rings (SSSR count). The zero-order valence-corrected chi connectivity index (χ0v) is 11.3. The first kappa shape index (κ1) is 15.2. The van der Waals surface area contributed by atoms with Gasteiger partial charge in [-0.3, -0.25) is 4.79 Å². The van der Waals surface area contributed by atoms with E-state index in [1.54, 1.807) is 17.0 Å². The van der Waals surface area contributed by atoms with Crippen molar-refractivity contribution in [2.24, 2.45) is 0 Å². The van der Waals surface area contributed by atoms with Crippen LogP contribution in [0, 0.1) is 18.8 Å². The number of amides is 1. The number of nitrogens with zero attached hydrogens (tertiary/aromatic N) is 1. The van der Waals surface area contributed by atoms with Crippen LogP contribution >= 0.6 is 0 Å². The van der Waals surface area contributed by atoms with Gasteiger partial charge in [-0.15, -0.1) is 0 Å². The molecule has 1 aromatic carbocycles. The third-order valence-corrected chi connectivity index (χ3v) is 2.75. The second-order valence-electron chi connectivity index (χ2n) is 4.12. The van der Waals surface area contributed by atoms with Crippen molar-refractivity contribution in [2.45, 2.75) is 13.8 Å². The van der Waals surface area contributed by atoms with Crippen molar-refractivity contribution in [3.8, 4) is 11.8 Å². The Labute approximate surface area is 113 Å². The molecule has 0 heterocycles. The van der Waals surface area contributed by atoms with E-state index < -0.39 is 0 Å². The Hall–Kier alpha value is -1.83. The highest BCUT2D eigenvalue weighted by molar-refractivity contribution is 5.97. The van der Waals surface area contributed by atoms with Crippen molar-refractivity contribution in [2.75, 3.05) is 26.3 Å². The fourth-order valence-corrected chi connectivity index (χ4v) is 1.77. The summed E-state index contributed by atoms with van der Waals surface area (Å²) in [4.78, 5) is 14.0. The Morgan fingerprint density at radius 2 is 2.11 bits per heavy atom. The van der Waals surface area contributed by atoms with Gasteiger partial charge in [-0.05, 0) is 26.0 Å². The molecular formula is C15H19NO3. The summed E-state index contributed by atoms with van der Waals surface area (Å²) in [5, 5.41) is 17.7. The van der Waals surface area contributed by atoms with Crippen molar-refractivity contribution < 1.29 is 15.0 Å². The molecule has 0 saturated heterocycles. The molecule has 0 bridgehead atoms. The van der Waals surface area contributed by atoms with E-state index in [2.05, 4.69) is 11.8 Å². The molecule has 0 saturated carbocycles. The number of benzene rings is 1. The number of carbonyl (C=O) groups excluding carboxylic acids is 1. The predicted molar refractivity (Wildman–Crippen MR) is 73.8 cm³/mol. The zero-order valence-electron chi connectivity index (χ0n) is 11.3. The first-order valence-corrected chi connectivity index (χ1v) is 6.24. The lowest BCUT2D eigenvalue weighted by Gasteiger charge is -2.20. The minimum absolute atomic E-state index is 0.0664. The van der Waals surface area contributed by atoms with E-state index in [9.17, 15) is 4.79 Å². The minimum atomic E-state index is -0.240. The third-order valence-electron chi connectivity index (χ3n) is 2.75. The summed E-state index contributed by atoms with van der Waals surface area (Å²) in [5.74, 6) is 5.19. The van der Waals surface area contributed by atoms with Crippen LogP contribution in [0.15, 0.2) is 18.2 Å². The Kier molecular flexibility index (Phi) is 6.07. The Morgan fingerprint density at radius 1 is 1.37 bits per heavy atom. The molecule has 0 spiro atoms. The summed E-state index contributed by atoms with van der Waals surface area (Å²) >= 11 is 0. The van der Waals surface area contributed by atoms with Crippen LogP contribution in [0.3, 0.4) is 0 Å². The van der Waals surface area contributed by atoms with Gasteiger partial charge in [-0.2, -0.15) is 0 Å². The maximum atomic E-state index is 12.4. The molecule has 0 aromatic heterocycles. The van der Waals surface area contributed by atoms with E-state index in [4.69, 9.17) is 10.2 Å². The highest BCUT2D eigenvalue weighted by atomic mass is 16.3. The van der Waals surface area contributed by atoms with Crippen LogP contribution in [0.4, 0.5) is 0 Å². The summed E-state index contributed by atoms with van der Waals surface area (Å²) in [7, 11) is 0. The Morgan fingerprint density at radius 3 is 2.68 bits per heavy atom. The molecule has 102 valence electrons. The average Bonchev–Trinajstić information content (AvgIpc) is 2.42. The first-order valence-electron chi connectivity index (χ1n) is 6.24. The van der Waals surface area contributed by atoms with Crippen molar-refractivity contribution in [1.29, 1.82) is 0 Å². The molecule has 4 nitrogen and oxygen atoms in total. The number of likely N-dealkylation sites (N-methyl/N-ethyl adjacent to an activating group) is 1. The lowest BCUT2D eigenvalue weighted by atomic mass is 10.0. The van der Waals surface area contributed by atoms with Crippen molar-refractivity contribution in [3.05, 3.63) is 34.9 Å². The van der Waals surface area contributed by atoms with Crippen LogP contribution in [0.2, 0.25) is 0 Å². The van der Waals surface area contributed by atoms with E-state index in [1.807, 2.05) is 19.9 Å². The predicted octanol–water partition coefficient (Wildman–Crippen LogP) is 0.793. The summed E-state index contributed by atoms with van der Waals surface area (Å²) in [6.07, 6.45) is 0. The molecule has 0 aliphatic heterocycles. The number of aryl methyl sites for hydroxylation is 1. The second-order valence-corrected chi connectivity index (χ2v) is 4.12. The molecule has 1 aromatic rings. The summed E-state index contributed by atoms with van der Waals surface area (Å²) in [6, 6.07) is 5.43. The molecule has 0 fully saturated rings. The van der Waals surface area contributed by atoms with Gasteiger partial charge < -0.3 is 15.1 Å². The van der Waals surface area contributed by atoms with Crippen molar-refractivity contribution >= 4 is 5.91 Å². The molecule has 1 amide bonds. The second kappa shape index (κ2) is 7.57. The number of aliphatic hydroxyl groups excluding tert-OH is 2. The normalized spacial score (nSPS) is 9.68. The first-order chi connectivity index (χ1) is 9.13. The Balaban J connectivity index is 3.15. The van der Waals surface area contributed by atoms with Gasteiger partial charge in [0.25, 0.3) is 5.91 Å². The van der Waals surface area contributed by atoms with Gasteiger partial charge in [-0.25, -0.2) is 0 Å². The molecule has 0 unspecified atom stereocenters. The molecule has 0 radical (unpaired) electrons. The molecular weight excluding hydrogens is 242 g/mol. The lowest BCUT2D eigenvalue weighted by molar-refractivity contribution is 0.0731. The fourth-order valence-electron chi connectivity index (χ4n) is 1.77. The molecule has 0 atom stereocenters. The topological polar surface area (TPSA) is 60.8 Å². The number of hydrogen-bond acceptors (Lipinski definition) is 3. The maximum absolute atomic E-state index is 12.4. The van der Waals surface area contributed by atoms with E-state index in [1.165, 1.54) is 0 Å². The fraction of sp³-hybridized carbons (Fsp3) is 0.400. The minimum Gasteiger partial charge on any atom is -0.395 e. The van der Waals surface area contributed by atoms with E-state index in [-0.39, 0.29) is 19.1 Å². The van der Waals surface area contributed by atoms with Crippen molar-refractivity contribution in [3.63, 3.8) is 0 Å². The highest BCUT2D eigenvalue weighted by Crippen LogP contribution is 2.13. The largest absolute Gasteiger partial charge is 0.395 e. The standard InChI is InChI=1S/C15H19NO3/c1-3-16(8-10-18)15(19)14-11-12(2)6-7-13(14)5-4-9-17/h6-7,11,17-18H,3,8-10H2,1-2H3. The van der Waals surface area contributed by atoms with Gasteiger partial charge >= 0.3 is 0 Å². The van der Waals surface area contributed by atoms with Gasteiger partial charge in [0.1, 0.15) is 6.61 Å². The van der Waals surface area contributed by atoms with Crippen LogP contribution < -0.4 is 0 Å². The highest BCUT2D eigenvalue weighted by Gasteiger charge is 2.16. The number of rotatable bonds is 4. The Bertz CT molecular complexity index is 500. The number of hydrogen-bond donors (Lipinski definition) is 2. The van der Waals surface area contributed by atoms with Crippen LogP contribution in [-0.2, 0) is 0 Å². The third kappa shape index (κ3) is 4.09. The van der Waals surface area contributed by atoms with Crippen LogP contribution in [0.1, 0.15) is 28.4 Å². The average molecular weight is 261 g/mol. The molecule has 0 aliphatic rings. The lowest BCUT2D eigenvalue weighted by Crippen LogP contribution is -2.33. The smallest absolute Gasteiger partial charge is 0.255 e. The number of aliphatic hydroxyl groups is 2. The van der Waals surface area contributed by atoms with E-state index >= 15 is 0 Å². The van der Waals surface area contributed by atoms with E-state index in [0.717, 1.165) is 5.56 Å². The summed E-state index contributed by atoms with van der Waals surface area (Å²) in [6.45, 7) is 4.29. The van der Waals surface area contributed by atoms with Gasteiger partial charge in [0, 0.05) is 18.7 Å². The molecule has 2 N–H and O–H groups in total. The maximum Gasteiger partial charge on any atom is 0.255 e. The molecule has 4 heteroatoms. The summed E-state index contributed by atoms with van der Waals surface area (Å²) in [5.41, 5.74) is 2.08.